The van der Waals surface area contributed by atoms with Crippen molar-refractivity contribution in [3.05, 3.63) is 66.0 Å². The lowest BCUT2D eigenvalue weighted by atomic mass is 10.1. The Morgan fingerprint density at radius 3 is 2.76 bits per heavy atom. The van der Waals surface area contributed by atoms with Crippen molar-refractivity contribution in [2.45, 2.75) is 4.58 Å². The summed E-state index contributed by atoms with van der Waals surface area (Å²) in [7, 11) is 0. The molecule has 126 valence electrons. The molecule has 1 N–H and O–H groups in total. The Labute approximate surface area is 153 Å². The molecule has 1 amide bonds. The molecule has 1 aliphatic rings. The Bertz CT molecular complexity index is 878. The van der Waals surface area contributed by atoms with E-state index in [1.807, 2.05) is 59.9 Å². The average Bonchev–Trinajstić information content (AvgIpc) is 3.36. The Morgan fingerprint density at radius 2 is 1.96 bits per heavy atom. The number of aromatic nitrogens is 4. The molecule has 6 nitrogen and oxygen atoms in total. The summed E-state index contributed by atoms with van der Waals surface area (Å²) in [5.74, 6) is 2.16. The molecular formula is C17H15N5OS2. The second-order valence-electron chi connectivity index (χ2n) is 5.42. The molecule has 0 atom stereocenters. The molecular weight excluding hydrogens is 354 g/mol. The third-order valence-electron chi connectivity index (χ3n) is 3.78. The van der Waals surface area contributed by atoms with E-state index >= 15 is 0 Å². The number of nitrogens with one attached hydrogen (secondary N) is 1. The molecule has 8 heteroatoms. The summed E-state index contributed by atoms with van der Waals surface area (Å²) in [6.45, 7) is 0. The maximum atomic E-state index is 12.8. The van der Waals surface area contributed by atoms with Crippen molar-refractivity contribution in [1.82, 2.24) is 20.2 Å². The Hall–Kier alpha value is -2.32. The van der Waals surface area contributed by atoms with Crippen LogP contribution in [0, 0.1) is 0 Å². The zero-order valence-electron chi connectivity index (χ0n) is 13.2. The minimum atomic E-state index is -0.185. The van der Waals surface area contributed by atoms with Crippen LogP contribution in [0.5, 0.6) is 0 Å². The lowest BCUT2D eigenvalue weighted by Crippen LogP contribution is -2.15. The molecule has 1 aromatic heterocycles. The number of benzene rings is 2. The van der Waals surface area contributed by atoms with Crippen molar-refractivity contribution in [3.8, 4) is 5.69 Å². The van der Waals surface area contributed by atoms with E-state index in [4.69, 9.17) is 0 Å². The van der Waals surface area contributed by atoms with Crippen LogP contribution in [0.2, 0.25) is 0 Å². The van der Waals surface area contributed by atoms with Gasteiger partial charge in [0.2, 0.25) is 0 Å². The van der Waals surface area contributed by atoms with Gasteiger partial charge >= 0.3 is 0 Å². The van der Waals surface area contributed by atoms with Gasteiger partial charge in [0, 0.05) is 17.2 Å². The van der Waals surface area contributed by atoms with E-state index in [1.54, 1.807) is 6.07 Å². The van der Waals surface area contributed by atoms with Gasteiger partial charge in [-0.3, -0.25) is 4.79 Å². The molecule has 1 saturated heterocycles. The topological polar surface area (TPSA) is 72.7 Å². The van der Waals surface area contributed by atoms with Crippen LogP contribution < -0.4 is 5.32 Å². The minimum Gasteiger partial charge on any atom is -0.322 e. The van der Waals surface area contributed by atoms with Gasteiger partial charge in [0.1, 0.15) is 6.33 Å². The zero-order chi connectivity index (χ0) is 17.1. The summed E-state index contributed by atoms with van der Waals surface area (Å²) >= 11 is 3.89. The summed E-state index contributed by atoms with van der Waals surface area (Å²) in [6, 6.07) is 15.3. The molecule has 0 radical (unpaired) electrons. The third kappa shape index (κ3) is 3.54. The molecule has 4 rings (SSSR count). The number of para-hydroxylation sites is 1. The van der Waals surface area contributed by atoms with Crippen LogP contribution in [0.25, 0.3) is 5.69 Å². The fraction of sp³-hybridized carbons (Fsp3) is 0.176. The van der Waals surface area contributed by atoms with Gasteiger partial charge < -0.3 is 5.32 Å². The molecule has 3 aromatic rings. The highest BCUT2D eigenvalue weighted by atomic mass is 32.2. The lowest BCUT2D eigenvalue weighted by molar-refractivity contribution is 0.102. The summed E-state index contributed by atoms with van der Waals surface area (Å²) in [5.41, 5.74) is 3.19. The molecule has 0 unspecified atom stereocenters. The van der Waals surface area contributed by atoms with Crippen molar-refractivity contribution >= 4 is 35.1 Å². The van der Waals surface area contributed by atoms with Gasteiger partial charge in [0.15, 0.2) is 0 Å². The molecule has 1 aliphatic heterocycles. The van der Waals surface area contributed by atoms with E-state index in [0.29, 0.717) is 15.8 Å². The Kier molecular flexibility index (Phi) is 4.71. The number of carbonyl (C=O) groups is 1. The van der Waals surface area contributed by atoms with Crippen molar-refractivity contribution in [2.75, 3.05) is 16.8 Å². The fourth-order valence-electron chi connectivity index (χ4n) is 2.65. The first kappa shape index (κ1) is 16.2. The maximum absolute atomic E-state index is 12.8. The summed E-state index contributed by atoms with van der Waals surface area (Å²) in [5, 5.41) is 14.1. The van der Waals surface area contributed by atoms with E-state index in [0.717, 1.165) is 5.69 Å². The van der Waals surface area contributed by atoms with Crippen LogP contribution in [-0.2, 0) is 0 Å². The number of hydrogen-bond donors (Lipinski definition) is 1. The molecule has 1 fully saturated rings. The number of carbonyl (C=O) groups excluding carboxylic acids is 1. The molecule has 25 heavy (non-hydrogen) atoms. The van der Waals surface area contributed by atoms with Gasteiger partial charge in [-0.25, -0.2) is 0 Å². The average molecular weight is 369 g/mol. The Balaban J connectivity index is 1.58. The van der Waals surface area contributed by atoms with Crippen molar-refractivity contribution in [3.63, 3.8) is 0 Å². The first-order valence-corrected chi connectivity index (χ1v) is 9.88. The van der Waals surface area contributed by atoms with Crippen molar-refractivity contribution < 1.29 is 4.79 Å². The van der Waals surface area contributed by atoms with Gasteiger partial charge in [0.05, 0.1) is 15.8 Å². The summed E-state index contributed by atoms with van der Waals surface area (Å²) < 4.78 is 1.93. The fourth-order valence-corrected chi connectivity index (χ4v) is 5.49. The van der Waals surface area contributed by atoms with Gasteiger partial charge in [-0.2, -0.15) is 4.68 Å². The molecule has 0 spiro atoms. The van der Waals surface area contributed by atoms with Crippen molar-refractivity contribution in [1.29, 1.82) is 0 Å². The van der Waals surface area contributed by atoms with Gasteiger partial charge in [-0.15, -0.1) is 28.6 Å². The minimum absolute atomic E-state index is 0.185. The monoisotopic (exact) mass is 369 g/mol. The van der Waals surface area contributed by atoms with E-state index < -0.39 is 0 Å². The number of rotatable bonds is 4. The smallest absolute Gasteiger partial charge is 0.257 e. The molecule has 2 heterocycles. The number of anilines is 1. The standard InChI is InChI=1S/C17H15N5OS2/c23-16(14-6-1-2-7-15(14)22-11-18-20-21-22)19-13-5-3-4-12(10-13)17-24-8-9-25-17/h1-7,10-11,17H,8-9H2,(H,19,23). The van der Waals surface area contributed by atoms with E-state index in [1.165, 1.54) is 28.1 Å². The molecule has 2 aromatic carbocycles. The lowest BCUT2D eigenvalue weighted by Gasteiger charge is -2.12. The first-order valence-electron chi connectivity index (χ1n) is 7.78. The second kappa shape index (κ2) is 7.28. The highest BCUT2D eigenvalue weighted by Crippen LogP contribution is 2.45. The number of tetrazole rings is 1. The Morgan fingerprint density at radius 1 is 1.12 bits per heavy atom. The number of nitrogens with zero attached hydrogens (tertiary/aromatic N) is 4. The zero-order valence-corrected chi connectivity index (χ0v) is 14.8. The van der Waals surface area contributed by atoms with Crippen LogP contribution in [-0.4, -0.2) is 37.6 Å². The highest BCUT2D eigenvalue weighted by Gasteiger charge is 2.19. The normalized spacial score (nSPS) is 14.6. The second-order valence-corrected chi connectivity index (χ2v) is 8.15. The number of thioether (sulfide) groups is 2. The van der Waals surface area contributed by atoms with Crippen molar-refractivity contribution in [2.24, 2.45) is 0 Å². The van der Waals surface area contributed by atoms with Crippen LogP contribution in [0.1, 0.15) is 20.5 Å². The predicted octanol–water partition coefficient (Wildman–Crippen LogP) is 3.39. The molecule has 0 bridgehead atoms. The maximum Gasteiger partial charge on any atom is 0.257 e. The summed E-state index contributed by atoms with van der Waals surface area (Å²) in [4.78, 5) is 12.8. The van der Waals surface area contributed by atoms with Crippen LogP contribution in [0.4, 0.5) is 5.69 Å². The number of hydrogen-bond acceptors (Lipinski definition) is 6. The van der Waals surface area contributed by atoms with E-state index in [2.05, 4.69) is 26.9 Å². The van der Waals surface area contributed by atoms with Crippen LogP contribution in [0.15, 0.2) is 54.9 Å². The largest absolute Gasteiger partial charge is 0.322 e. The van der Waals surface area contributed by atoms with Gasteiger partial charge in [-0.1, -0.05) is 24.3 Å². The van der Waals surface area contributed by atoms with E-state index in [-0.39, 0.29) is 5.91 Å². The number of amides is 1. The van der Waals surface area contributed by atoms with Crippen LogP contribution >= 0.6 is 23.5 Å². The van der Waals surface area contributed by atoms with Gasteiger partial charge in [0.25, 0.3) is 5.91 Å². The SMILES string of the molecule is O=C(Nc1cccc(C2SCCS2)c1)c1ccccc1-n1cnnn1. The summed E-state index contributed by atoms with van der Waals surface area (Å²) in [6.07, 6.45) is 1.47. The quantitative estimate of drug-likeness (QED) is 0.760. The van der Waals surface area contributed by atoms with Gasteiger partial charge in [-0.05, 0) is 40.3 Å². The molecule has 0 saturated carbocycles. The van der Waals surface area contributed by atoms with E-state index in [9.17, 15) is 4.79 Å². The predicted molar refractivity (Wildman–Crippen MR) is 101 cm³/mol. The first-order chi connectivity index (χ1) is 12.3. The molecule has 0 aliphatic carbocycles. The third-order valence-corrected chi connectivity index (χ3v) is 6.89. The highest BCUT2D eigenvalue weighted by molar-refractivity contribution is 8.19. The van der Waals surface area contributed by atoms with Crippen LogP contribution in [0.3, 0.4) is 0 Å².